The molecule has 0 spiro atoms. The Morgan fingerprint density at radius 2 is 1.97 bits per heavy atom. The van der Waals surface area contributed by atoms with Crippen LogP contribution in [-0.2, 0) is 13.0 Å². The number of aryl methyl sites for hydroxylation is 2. The lowest BCUT2D eigenvalue weighted by Crippen LogP contribution is -2.50. The second kappa shape index (κ2) is 7.64. The first kappa shape index (κ1) is 18.4. The number of fused-ring (bicyclic) bond motifs is 1. The first-order chi connectivity index (χ1) is 14.2. The summed E-state index contributed by atoms with van der Waals surface area (Å²) in [6, 6.07) is 11.3. The number of likely N-dealkylation sites (tertiary alicyclic amines) is 1. The van der Waals surface area contributed by atoms with Crippen molar-refractivity contribution >= 4 is 0 Å². The monoisotopic (exact) mass is 388 g/mol. The minimum atomic E-state index is 0.560. The SMILES string of the molecule is COc1ccc2c(c1)CCCC2N1CC(Cn2c(C)cnc2-c2ccncc2)C1. The average Bonchev–Trinajstić information content (AvgIpc) is 3.10. The fourth-order valence-corrected chi connectivity index (χ4v) is 4.93. The highest BCUT2D eigenvalue weighted by Gasteiger charge is 2.35. The molecule has 5 rings (SSSR count). The summed E-state index contributed by atoms with van der Waals surface area (Å²) in [5.74, 6) is 2.70. The molecule has 0 radical (unpaired) electrons. The van der Waals surface area contributed by atoms with E-state index in [-0.39, 0.29) is 0 Å². The second-order valence-corrected chi connectivity index (χ2v) is 8.36. The third-order valence-electron chi connectivity index (χ3n) is 6.49. The number of imidazole rings is 1. The predicted octanol–water partition coefficient (Wildman–Crippen LogP) is 4.27. The summed E-state index contributed by atoms with van der Waals surface area (Å²) in [7, 11) is 1.75. The van der Waals surface area contributed by atoms with Crippen LogP contribution in [0.2, 0.25) is 0 Å². The van der Waals surface area contributed by atoms with Gasteiger partial charge in [-0.25, -0.2) is 4.98 Å². The van der Waals surface area contributed by atoms with Crippen LogP contribution in [0.25, 0.3) is 11.4 Å². The number of pyridine rings is 1. The van der Waals surface area contributed by atoms with Crippen LogP contribution in [0.1, 0.15) is 35.7 Å². The van der Waals surface area contributed by atoms with Gasteiger partial charge < -0.3 is 9.30 Å². The van der Waals surface area contributed by atoms with Crippen molar-refractivity contribution in [1.29, 1.82) is 0 Å². The zero-order valence-corrected chi connectivity index (χ0v) is 17.2. The molecule has 1 aliphatic carbocycles. The van der Waals surface area contributed by atoms with Crippen LogP contribution >= 0.6 is 0 Å². The van der Waals surface area contributed by atoms with E-state index in [9.17, 15) is 0 Å². The van der Waals surface area contributed by atoms with E-state index in [0.29, 0.717) is 12.0 Å². The van der Waals surface area contributed by atoms with Gasteiger partial charge in [0.05, 0.1) is 7.11 Å². The lowest BCUT2D eigenvalue weighted by Gasteiger charge is -2.46. The van der Waals surface area contributed by atoms with Crippen molar-refractivity contribution < 1.29 is 4.74 Å². The van der Waals surface area contributed by atoms with Gasteiger partial charge in [0, 0.05) is 61.4 Å². The highest BCUT2D eigenvalue weighted by atomic mass is 16.5. The molecule has 0 amide bonds. The lowest BCUT2D eigenvalue weighted by molar-refractivity contribution is 0.0349. The summed E-state index contributed by atoms with van der Waals surface area (Å²) in [6.45, 7) is 5.49. The molecule has 1 saturated heterocycles. The molecule has 0 bridgehead atoms. The number of ether oxygens (including phenoxy) is 1. The van der Waals surface area contributed by atoms with E-state index in [0.717, 1.165) is 36.8 Å². The maximum Gasteiger partial charge on any atom is 0.140 e. The van der Waals surface area contributed by atoms with Gasteiger partial charge in [0.2, 0.25) is 0 Å². The zero-order chi connectivity index (χ0) is 19.8. The molecule has 5 heteroatoms. The van der Waals surface area contributed by atoms with Crippen molar-refractivity contribution in [1.82, 2.24) is 19.4 Å². The van der Waals surface area contributed by atoms with Gasteiger partial charge in [-0.15, -0.1) is 0 Å². The smallest absolute Gasteiger partial charge is 0.140 e. The average molecular weight is 389 g/mol. The Morgan fingerprint density at radius 1 is 1.14 bits per heavy atom. The van der Waals surface area contributed by atoms with Crippen LogP contribution in [0.15, 0.2) is 48.9 Å². The molecule has 5 nitrogen and oxygen atoms in total. The van der Waals surface area contributed by atoms with E-state index in [4.69, 9.17) is 4.74 Å². The Kier molecular flexibility index (Phi) is 4.84. The van der Waals surface area contributed by atoms with Crippen LogP contribution in [-0.4, -0.2) is 39.6 Å². The first-order valence-electron chi connectivity index (χ1n) is 10.6. The quantitative estimate of drug-likeness (QED) is 0.655. The van der Waals surface area contributed by atoms with Crippen LogP contribution < -0.4 is 4.74 Å². The van der Waals surface area contributed by atoms with Gasteiger partial charge in [-0.1, -0.05) is 6.07 Å². The Morgan fingerprint density at radius 3 is 2.76 bits per heavy atom. The number of nitrogens with zero attached hydrogens (tertiary/aromatic N) is 4. The molecule has 1 unspecified atom stereocenters. The number of benzene rings is 1. The molecular formula is C24H28N4O. The number of hydrogen-bond acceptors (Lipinski definition) is 4. The van der Waals surface area contributed by atoms with Gasteiger partial charge in [0.25, 0.3) is 0 Å². The molecular weight excluding hydrogens is 360 g/mol. The van der Waals surface area contributed by atoms with E-state index in [1.54, 1.807) is 7.11 Å². The van der Waals surface area contributed by atoms with Crippen LogP contribution in [0.3, 0.4) is 0 Å². The van der Waals surface area contributed by atoms with Gasteiger partial charge in [-0.05, 0) is 61.6 Å². The van der Waals surface area contributed by atoms with E-state index < -0.39 is 0 Å². The second-order valence-electron chi connectivity index (χ2n) is 8.36. The van der Waals surface area contributed by atoms with Crippen LogP contribution in [0.4, 0.5) is 0 Å². The highest BCUT2D eigenvalue weighted by molar-refractivity contribution is 5.55. The number of methoxy groups -OCH3 is 1. The molecule has 3 heterocycles. The first-order valence-corrected chi connectivity index (χ1v) is 10.6. The molecule has 1 fully saturated rings. The van der Waals surface area contributed by atoms with Crippen molar-refractivity contribution in [2.45, 2.75) is 38.8 Å². The Hall–Kier alpha value is -2.66. The molecule has 1 aliphatic heterocycles. The van der Waals surface area contributed by atoms with E-state index in [2.05, 4.69) is 44.6 Å². The molecule has 2 aromatic heterocycles. The third kappa shape index (κ3) is 3.44. The van der Waals surface area contributed by atoms with Crippen molar-refractivity contribution in [2.24, 2.45) is 5.92 Å². The summed E-state index contributed by atoms with van der Waals surface area (Å²) in [4.78, 5) is 11.5. The highest BCUT2D eigenvalue weighted by Crippen LogP contribution is 2.39. The van der Waals surface area contributed by atoms with Crippen molar-refractivity contribution in [3.63, 3.8) is 0 Å². The summed E-state index contributed by atoms with van der Waals surface area (Å²) in [5.41, 5.74) is 5.34. The maximum absolute atomic E-state index is 5.42. The standard InChI is InChI=1S/C24H28N4O/c1-17-13-26-24(19-8-10-25-11-9-19)28(17)16-18-14-27(15-18)23-5-3-4-20-12-21(29-2)6-7-22(20)23/h6-13,18,23H,3-5,14-16H2,1-2H3. The molecule has 0 saturated carbocycles. The summed E-state index contributed by atoms with van der Waals surface area (Å²) in [5, 5.41) is 0. The van der Waals surface area contributed by atoms with Gasteiger partial charge in [0.15, 0.2) is 0 Å². The van der Waals surface area contributed by atoms with Crippen molar-refractivity contribution in [3.05, 3.63) is 65.7 Å². The van der Waals surface area contributed by atoms with E-state index >= 15 is 0 Å². The normalized spacial score (nSPS) is 19.6. The Balaban J connectivity index is 1.28. The summed E-state index contributed by atoms with van der Waals surface area (Å²) >= 11 is 0. The molecule has 0 N–H and O–H groups in total. The largest absolute Gasteiger partial charge is 0.497 e. The number of hydrogen-bond donors (Lipinski definition) is 0. The van der Waals surface area contributed by atoms with Gasteiger partial charge in [-0.3, -0.25) is 9.88 Å². The van der Waals surface area contributed by atoms with Crippen molar-refractivity contribution in [3.8, 4) is 17.1 Å². The van der Waals surface area contributed by atoms with E-state index in [1.807, 2.05) is 30.7 Å². The fraction of sp³-hybridized carbons (Fsp3) is 0.417. The summed E-state index contributed by atoms with van der Waals surface area (Å²) < 4.78 is 7.80. The molecule has 29 heavy (non-hydrogen) atoms. The minimum absolute atomic E-state index is 0.560. The van der Waals surface area contributed by atoms with Gasteiger partial charge in [0.1, 0.15) is 11.6 Å². The molecule has 150 valence electrons. The van der Waals surface area contributed by atoms with Gasteiger partial charge >= 0.3 is 0 Å². The Bertz CT molecular complexity index is 991. The number of rotatable bonds is 5. The zero-order valence-electron chi connectivity index (χ0n) is 17.2. The van der Waals surface area contributed by atoms with E-state index in [1.165, 1.54) is 36.1 Å². The van der Waals surface area contributed by atoms with Crippen LogP contribution in [0.5, 0.6) is 5.75 Å². The summed E-state index contributed by atoms with van der Waals surface area (Å²) in [6.07, 6.45) is 9.35. The predicted molar refractivity (Wildman–Crippen MR) is 114 cm³/mol. The molecule has 1 atom stereocenters. The number of aromatic nitrogens is 3. The lowest BCUT2D eigenvalue weighted by atomic mass is 9.83. The topological polar surface area (TPSA) is 43.2 Å². The third-order valence-corrected chi connectivity index (χ3v) is 6.49. The molecule has 2 aliphatic rings. The van der Waals surface area contributed by atoms with Gasteiger partial charge in [-0.2, -0.15) is 0 Å². The van der Waals surface area contributed by atoms with Crippen molar-refractivity contribution in [2.75, 3.05) is 20.2 Å². The minimum Gasteiger partial charge on any atom is -0.497 e. The molecule has 3 aromatic rings. The maximum atomic E-state index is 5.42. The Labute approximate surface area is 172 Å². The van der Waals surface area contributed by atoms with Crippen LogP contribution in [0, 0.1) is 12.8 Å². The molecule has 1 aromatic carbocycles. The fourth-order valence-electron chi connectivity index (χ4n) is 4.93.